The van der Waals surface area contributed by atoms with Gasteiger partial charge in [-0.3, -0.25) is 4.79 Å². The average molecular weight is 530 g/mol. The number of halogens is 1. The van der Waals surface area contributed by atoms with E-state index in [1.165, 1.54) is 11.8 Å². The van der Waals surface area contributed by atoms with Gasteiger partial charge in [-0.25, -0.2) is 9.78 Å². The molecule has 4 rings (SSSR count). The van der Waals surface area contributed by atoms with E-state index < -0.39 is 5.97 Å². The molecule has 1 N–H and O–H groups in total. The number of carboxylic acid groups (broad SMARTS) is 1. The molecule has 0 amide bonds. The largest absolute Gasteiger partial charge is 0.478 e. The predicted molar refractivity (Wildman–Crippen MR) is 154 cm³/mol. The van der Waals surface area contributed by atoms with Gasteiger partial charge < -0.3 is 5.11 Å². The molecule has 4 nitrogen and oxygen atoms in total. The summed E-state index contributed by atoms with van der Waals surface area (Å²) in [6.07, 6.45) is 5.36. The lowest BCUT2D eigenvalue weighted by atomic mass is 9.86. The monoisotopic (exact) mass is 529 g/mol. The predicted octanol–water partition coefficient (Wildman–Crippen LogP) is 8.14. The van der Waals surface area contributed by atoms with Crippen molar-refractivity contribution < 1.29 is 14.7 Å². The third-order valence-corrected chi connectivity index (χ3v) is 7.67. The van der Waals surface area contributed by atoms with Gasteiger partial charge in [-0.1, -0.05) is 91.0 Å². The minimum Gasteiger partial charge on any atom is -0.478 e. The molecule has 1 heterocycles. The van der Waals surface area contributed by atoms with Gasteiger partial charge in [0.05, 0.1) is 16.8 Å². The molecule has 3 aromatic carbocycles. The highest BCUT2D eigenvalue weighted by Crippen LogP contribution is 2.36. The summed E-state index contributed by atoms with van der Waals surface area (Å²) in [6.45, 7) is 3.61. The van der Waals surface area contributed by atoms with E-state index >= 15 is 0 Å². The number of aromatic nitrogens is 1. The Morgan fingerprint density at radius 2 is 1.78 bits per heavy atom. The molecule has 37 heavy (non-hydrogen) atoms. The van der Waals surface area contributed by atoms with Crippen molar-refractivity contribution in [1.82, 2.24) is 4.98 Å². The number of carbonyl (C=O) groups excluding carboxylic acids is 1. The summed E-state index contributed by atoms with van der Waals surface area (Å²) in [4.78, 5) is 28.7. The molecule has 0 fully saturated rings. The topological polar surface area (TPSA) is 67.3 Å². The number of benzene rings is 3. The molecule has 0 radical (unpaired) electrons. The molecule has 6 heteroatoms. The minimum absolute atomic E-state index is 0.0230. The fraction of sp³-hybridized carbons (Fsp3) is 0.194. The normalized spacial score (nSPS) is 13.1. The molecule has 2 atom stereocenters. The molecule has 2 unspecified atom stereocenters. The highest BCUT2D eigenvalue weighted by molar-refractivity contribution is 8.14. The minimum atomic E-state index is -0.947. The van der Waals surface area contributed by atoms with Crippen LogP contribution in [-0.4, -0.2) is 26.4 Å². The maximum atomic E-state index is 12.2. The van der Waals surface area contributed by atoms with Crippen molar-refractivity contribution >= 4 is 57.5 Å². The van der Waals surface area contributed by atoms with Crippen LogP contribution in [0, 0.1) is 0 Å². The Bertz CT molecular complexity index is 1470. The van der Waals surface area contributed by atoms with Gasteiger partial charge in [0.15, 0.2) is 5.12 Å². The van der Waals surface area contributed by atoms with Crippen molar-refractivity contribution in [1.29, 1.82) is 0 Å². The zero-order chi connectivity index (χ0) is 26.4. The Hall–Kier alpha value is -3.41. The van der Waals surface area contributed by atoms with E-state index in [0.29, 0.717) is 17.0 Å². The number of carboxylic acids is 1. The van der Waals surface area contributed by atoms with Crippen LogP contribution < -0.4 is 0 Å². The molecule has 1 aromatic heterocycles. The summed E-state index contributed by atoms with van der Waals surface area (Å²) in [5, 5.41) is 11.4. The second-order valence-corrected chi connectivity index (χ2v) is 10.8. The number of hydrogen-bond acceptors (Lipinski definition) is 4. The number of carbonyl (C=O) groups is 2. The summed E-state index contributed by atoms with van der Waals surface area (Å²) >= 11 is 7.41. The van der Waals surface area contributed by atoms with Crippen LogP contribution in [0.1, 0.15) is 58.9 Å². The standard InChI is InChI=1S/C31H28ClNO3S/c1-3-26(27-9-4-5-10-28(27)31(35)36)30(37-20(2)34)18-22-8-6-7-21(17-22)11-15-25-16-13-23-12-14-24(32)19-29(23)33-25/h4-17,19,26,30H,3,18H2,1-2H3,(H,35,36). The smallest absolute Gasteiger partial charge is 0.335 e. The van der Waals surface area contributed by atoms with E-state index in [9.17, 15) is 14.7 Å². The molecule has 0 bridgehead atoms. The molecule has 4 aromatic rings. The van der Waals surface area contributed by atoms with Gasteiger partial charge in [0.1, 0.15) is 0 Å². The van der Waals surface area contributed by atoms with Gasteiger partial charge in [0.25, 0.3) is 0 Å². The van der Waals surface area contributed by atoms with Crippen LogP contribution in [-0.2, 0) is 11.2 Å². The summed E-state index contributed by atoms with van der Waals surface area (Å²) in [6, 6.07) is 25.0. The van der Waals surface area contributed by atoms with Crippen LogP contribution in [0.5, 0.6) is 0 Å². The van der Waals surface area contributed by atoms with Gasteiger partial charge >= 0.3 is 5.97 Å². The second-order valence-electron chi connectivity index (χ2n) is 8.91. The van der Waals surface area contributed by atoms with Crippen molar-refractivity contribution in [3.63, 3.8) is 0 Å². The zero-order valence-corrected chi connectivity index (χ0v) is 22.3. The molecular formula is C31H28ClNO3S. The first-order valence-corrected chi connectivity index (χ1v) is 13.4. The van der Waals surface area contributed by atoms with Gasteiger partial charge in [-0.05, 0) is 65.8 Å². The SMILES string of the molecule is CCC(c1ccccc1C(=O)O)C(Cc1cccc(C=Cc2ccc3ccc(Cl)cc3n2)c1)SC(C)=O. The first-order chi connectivity index (χ1) is 17.8. The Morgan fingerprint density at radius 3 is 2.54 bits per heavy atom. The lowest BCUT2D eigenvalue weighted by molar-refractivity contribution is -0.109. The lowest BCUT2D eigenvalue weighted by Gasteiger charge is -2.27. The highest BCUT2D eigenvalue weighted by atomic mass is 35.5. The highest BCUT2D eigenvalue weighted by Gasteiger charge is 2.27. The number of fused-ring (bicyclic) bond motifs is 1. The Kier molecular flexibility index (Phi) is 8.80. The van der Waals surface area contributed by atoms with Crippen LogP contribution in [0.15, 0.2) is 78.9 Å². The second kappa shape index (κ2) is 12.2. The molecule has 188 valence electrons. The van der Waals surface area contributed by atoms with Crippen LogP contribution in [0.2, 0.25) is 5.02 Å². The van der Waals surface area contributed by atoms with E-state index in [0.717, 1.165) is 39.7 Å². The van der Waals surface area contributed by atoms with E-state index in [1.807, 2.05) is 73.7 Å². The molecule has 0 saturated heterocycles. The molecule has 0 aliphatic carbocycles. The van der Waals surface area contributed by atoms with E-state index in [2.05, 4.69) is 17.1 Å². The first kappa shape index (κ1) is 26.6. The van der Waals surface area contributed by atoms with Crippen molar-refractivity contribution in [3.05, 3.63) is 112 Å². The number of nitrogens with zero attached hydrogens (tertiary/aromatic N) is 1. The van der Waals surface area contributed by atoms with Gasteiger partial charge in [-0.2, -0.15) is 0 Å². The van der Waals surface area contributed by atoms with E-state index in [1.54, 1.807) is 19.1 Å². The van der Waals surface area contributed by atoms with Crippen molar-refractivity contribution in [2.24, 2.45) is 0 Å². The summed E-state index contributed by atoms with van der Waals surface area (Å²) < 4.78 is 0. The number of hydrogen-bond donors (Lipinski definition) is 1. The number of pyridine rings is 1. The van der Waals surface area contributed by atoms with E-state index in [4.69, 9.17) is 11.6 Å². The van der Waals surface area contributed by atoms with Crippen LogP contribution in [0.3, 0.4) is 0 Å². The molecule has 0 spiro atoms. The van der Waals surface area contributed by atoms with Crippen molar-refractivity contribution in [3.8, 4) is 0 Å². The average Bonchev–Trinajstić information content (AvgIpc) is 2.87. The van der Waals surface area contributed by atoms with Crippen LogP contribution in [0.25, 0.3) is 23.1 Å². The first-order valence-electron chi connectivity index (χ1n) is 12.2. The maximum Gasteiger partial charge on any atom is 0.335 e. The Balaban J connectivity index is 1.59. The quantitative estimate of drug-likeness (QED) is 0.237. The van der Waals surface area contributed by atoms with Gasteiger partial charge in [0.2, 0.25) is 0 Å². The Morgan fingerprint density at radius 1 is 1.00 bits per heavy atom. The molecular weight excluding hydrogens is 502 g/mol. The number of aromatic carboxylic acids is 1. The lowest BCUT2D eigenvalue weighted by Crippen LogP contribution is -2.21. The zero-order valence-electron chi connectivity index (χ0n) is 20.7. The Labute approximate surface area is 226 Å². The van der Waals surface area contributed by atoms with Crippen molar-refractivity contribution in [2.75, 3.05) is 0 Å². The molecule has 0 saturated carbocycles. The number of rotatable bonds is 9. The summed E-state index contributed by atoms with van der Waals surface area (Å²) in [7, 11) is 0. The van der Waals surface area contributed by atoms with Gasteiger partial charge in [-0.15, -0.1) is 0 Å². The molecule has 0 aliphatic heterocycles. The van der Waals surface area contributed by atoms with Gasteiger partial charge in [0, 0.05) is 22.6 Å². The maximum absolute atomic E-state index is 12.2. The molecule has 0 aliphatic rings. The van der Waals surface area contributed by atoms with Crippen LogP contribution in [0.4, 0.5) is 0 Å². The summed E-state index contributed by atoms with van der Waals surface area (Å²) in [5.41, 5.74) is 4.86. The number of thioether (sulfide) groups is 1. The van der Waals surface area contributed by atoms with Crippen molar-refractivity contribution in [2.45, 2.75) is 37.9 Å². The fourth-order valence-electron chi connectivity index (χ4n) is 4.61. The third kappa shape index (κ3) is 6.88. The van der Waals surface area contributed by atoms with E-state index in [-0.39, 0.29) is 16.3 Å². The van der Waals surface area contributed by atoms with Crippen LogP contribution >= 0.6 is 23.4 Å². The third-order valence-electron chi connectivity index (χ3n) is 6.31. The summed E-state index contributed by atoms with van der Waals surface area (Å²) in [5.74, 6) is -1.02. The fourth-order valence-corrected chi connectivity index (χ4v) is 5.99.